The zero-order chi connectivity index (χ0) is 52.9. The lowest BCUT2D eigenvalue weighted by Gasteiger charge is -2.40. The van der Waals surface area contributed by atoms with Gasteiger partial charge >= 0.3 is 12.2 Å². The van der Waals surface area contributed by atoms with Gasteiger partial charge in [0, 0.05) is 48.3 Å². The number of thiazole rings is 1. The molecule has 3 unspecified atom stereocenters. The number of methoxy groups -OCH3 is 2. The third-order valence-electron chi connectivity index (χ3n) is 15.6. The number of carbonyl (C=O) groups excluding carboxylic acids is 4. The van der Waals surface area contributed by atoms with E-state index in [2.05, 4.69) is 40.5 Å². The Morgan fingerprint density at radius 3 is 2.13 bits per heavy atom. The summed E-state index contributed by atoms with van der Waals surface area (Å²) >= 11 is 1.61. The minimum atomic E-state index is -0.780. The standard InChI is InChI=1S/C55H67FN10O8S/c1-9-30(10-2)49-59-28-43(75-49)52-66-38-16-15-31(36-26-57-47(60-36)40-14-12-19-65(40)51(68)46(63-54(70)72-8)32-17-20-73-55(5,6)25-32)21-34(38)23-41(66)44-35(56)22-33(24-42(44)74-52)37-27-58-48(61-37)39-13-11-18-64(39)50(67)45(29(3)4)62-53(69)71-7/h15-16,21-24,26-30,32,39-40,45-46,52H,9-14,17-20,25H2,1-8H3,(H,57,60)(H,58,61)(H,62,69)(H,63,70)/t32?,39-,40-,45-,46?,52?/m0/s1. The third kappa shape index (κ3) is 9.98. The zero-order valence-corrected chi connectivity index (χ0v) is 44.6. The van der Waals surface area contributed by atoms with E-state index in [0.717, 1.165) is 57.7 Å². The molecule has 4 aliphatic rings. The molecule has 0 saturated carbocycles. The molecule has 6 atom stereocenters. The summed E-state index contributed by atoms with van der Waals surface area (Å²) in [6.07, 6.45) is 9.36. The maximum atomic E-state index is 17.1. The summed E-state index contributed by atoms with van der Waals surface area (Å²) < 4.78 is 41.8. The van der Waals surface area contributed by atoms with E-state index in [9.17, 15) is 19.2 Å². The summed E-state index contributed by atoms with van der Waals surface area (Å²) in [4.78, 5) is 79.0. The number of aromatic nitrogens is 6. The van der Waals surface area contributed by atoms with Crippen LogP contribution in [0.2, 0.25) is 0 Å². The van der Waals surface area contributed by atoms with Crippen LogP contribution in [0.1, 0.15) is 139 Å². The number of hydrogen-bond donors (Lipinski definition) is 4. The van der Waals surface area contributed by atoms with E-state index in [1.807, 2.05) is 67.6 Å². The summed E-state index contributed by atoms with van der Waals surface area (Å²) in [6.45, 7) is 13.6. The number of benzene rings is 2. The number of halogens is 1. The summed E-state index contributed by atoms with van der Waals surface area (Å²) in [5.74, 6) is 0.694. The number of aromatic amines is 2. The number of hydrogen-bond acceptors (Lipinski definition) is 12. The quantitative estimate of drug-likeness (QED) is 0.0806. The summed E-state index contributed by atoms with van der Waals surface area (Å²) in [5, 5.41) is 7.44. The Balaban J connectivity index is 0.963. The van der Waals surface area contributed by atoms with Gasteiger partial charge in [-0.05, 0) is 107 Å². The number of nitrogens with zero attached hydrogens (tertiary/aromatic N) is 6. The van der Waals surface area contributed by atoms with Crippen molar-refractivity contribution in [3.8, 4) is 39.5 Å². The molecule has 4 amide bonds. The van der Waals surface area contributed by atoms with E-state index in [4.69, 9.17) is 33.9 Å². The lowest BCUT2D eigenvalue weighted by molar-refractivity contribution is -0.139. The molecule has 4 aliphatic heterocycles. The molecule has 0 aliphatic carbocycles. The van der Waals surface area contributed by atoms with Crippen LogP contribution in [0.4, 0.5) is 14.0 Å². The fraction of sp³-hybridized carbons (Fsp3) is 0.509. The second-order valence-electron chi connectivity index (χ2n) is 21.2. The van der Waals surface area contributed by atoms with Crippen LogP contribution in [0.3, 0.4) is 0 Å². The van der Waals surface area contributed by atoms with E-state index < -0.39 is 41.9 Å². The Morgan fingerprint density at radius 1 is 0.840 bits per heavy atom. The van der Waals surface area contributed by atoms with Gasteiger partial charge in [-0.15, -0.1) is 11.3 Å². The number of fused-ring (bicyclic) bond motifs is 5. The van der Waals surface area contributed by atoms with Crippen molar-refractivity contribution in [1.82, 2.24) is 49.9 Å². The first-order valence-corrected chi connectivity index (χ1v) is 27.1. The van der Waals surface area contributed by atoms with E-state index in [-0.39, 0.29) is 35.7 Å². The number of nitrogens with one attached hydrogen (secondary N) is 4. The predicted octanol–water partition coefficient (Wildman–Crippen LogP) is 10.2. The average Bonchev–Trinajstić information content (AvgIpc) is 4.28. The van der Waals surface area contributed by atoms with Crippen molar-refractivity contribution in [2.24, 2.45) is 11.8 Å². The van der Waals surface area contributed by atoms with Crippen molar-refractivity contribution < 1.29 is 42.5 Å². The Morgan fingerprint density at radius 2 is 1.49 bits per heavy atom. The average molecular weight is 1050 g/mol. The highest BCUT2D eigenvalue weighted by Crippen LogP contribution is 2.49. The van der Waals surface area contributed by atoms with Gasteiger partial charge in [0.15, 0.2) is 0 Å². The summed E-state index contributed by atoms with van der Waals surface area (Å²) in [5.41, 5.74) is 4.08. The molecule has 8 heterocycles. The van der Waals surface area contributed by atoms with Crippen LogP contribution >= 0.6 is 11.3 Å². The number of rotatable bonds is 14. The molecule has 10 rings (SSSR count). The highest BCUT2D eigenvalue weighted by atomic mass is 32.1. The largest absolute Gasteiger partial charge is 0.464 e. The molecular weight excluding hydrogens is 980 g/mol. The second kappa shape index (κ2) is 21.1. The van der Waals surface area contributed by atoms with Gasteiger partial charge in [-0.2, -0.15) is 0 Å². The Hall–Kier alpha value is -6.80. The van der Waals surface area contributed by atoms with Crippen molar-refractivity contribution in [3.05, 3.63) is 82.3 Å². The van der Waals surface area contributed by atoms with Gasteiger partial charge in [-0.1, -0.05) is 33.8 Å². The molecule has 3 fully saturated rings. The summed E-state index contributed by atoms with van der Waals surface area (Å²) in [6, 6.07) is 9.16. The number of imidazole rings is 2. The normalized spacial score (nSPS) is 20.9. The summed E-state index contributed by atoms with van der Waals surface area (Å²) in [7, 11) is 2.57. The van der Waals surface area contributed by atoms with E-state index in [0.29, 0.717) is 91.2 Å². The first-order chi connectivity index (χ1) is 36.1. The smallest absolute Gasteiger partial charge is 0.407 e. The van der Waals surface area contributed by atoms with Crippen molar-refractivity contribution in [2.75, 3.05) is 33.9 Å². The number of carbonyl (C=O) groups is 4. The molecule has 398 valence electrons. The highest BCUT2D eigenvalue weighted by molar-refractivity contribution is 7.11. The molecule has 4 N–H and O–H groups in total. The second-order valence-corrected chi connectivity index (χ2v) is 22.3. The fourth-order valence-electron chi connectivity index (χ4n) is 11.6. The van der Waals surface area contributed by atoms with Crippen LogP contribution < -0.4 is 15.4 Å². The number of alkyl carbamates (subject to hydrolysis) is 2. The van der Waals surface area contributed by atoms with Gasteiger partial charge < -0.3 is 49.3 Å². The zero-order valence-electron chi connectivity index (χ0n) is 43.8. The number of amides is 4. The molecule has 0 radical (unpaired) electrons. The molecule has 0 bridgehead atoms. The fourth-order valence-corrected chi connectivity index (χ4v) is 12.9. The van der Waals surface area contributed by atoms with Crippen molar-refractivity contribution in [2.45, 2.75) is 135 Å². The maximum Gasteiger partial charge on any atom is 0.407 e. The molecule has 3 saturated heterocycles. The van der Waals surface area contributed by atoms with Gasteiger partial charge in [0.05, 0.1) is 82.3 Å². The van der Waals surface area contributed by atoms with Gasteiger partial charge in [0.25, 0.3) is 0 Å². The Kier molecular flexibility index (Phi) is 14.5. The SMILES string of the molecule is CCC(CC)c1ncc(C2Oc3cc(-c4cnc([C@@H]5CCCN5C(=O)[C@@H](NC(=O)OC)C(C)C)[nH]4)cc(F)c3-c3cc4cc(-c5cnc([C@@H]6CCCN6C(=O)C(NC(=O)OC)C6CCOC(C)(C)C6)[nH]5)ccc4n32)s1. The first kappa shape index (κ1) is 51.7. The van der Waals surface area contributed by atoms with E-state index in [1.165, 1.54) is 20.3 Å². The van der Waals surface area contributed by atoms with Gasteiger partial charge in [-0.3, -0.25) is 14.2 Å². The Bertz CT molecular complexity index is 3100. The van der Waals surface area contributed by atoms with Crippen LogP contribution in [0, 0.1) is 17.7 Å². The van der Waals surface area contributed by atoms with Crippen molar-refractivity contribution in [1.29, 1.82) is 0 Å². The number of ether oxygens (including phenoxy) is 4. The molecule has 2 aromatic carbocycles. The maximum absolute atomic E-state index is 17.1. The minimum absolute atomic E-state index is 0.134. The van der Waals surface area contributed by atoms with Crippen molar-refractivity contribution in [3.63, 3.8) is 0 Å². The minimum Gasteiger partial charge on any atom is -0.464 e. The number of H-pyrrole nitrogens is 2. The number of likely N-dealkylation sites (tertiary alicyclic amines) is 2. The molecule has 4 aromatic heterocycles. The van der Waals surface area contributed by atoms with Crippen LogP contribution in [-0.4, -0.2) is 115 Å². The van der Waals surface area contributed by atoms with Crippen molar-refractivity contribution >= 4 is 46.2 Å². The predicted molar refractivity (Wildman–Crippen MR) is 280 cm³/mol. The van der Waals surface area contributed by atoms with Crippen LogP contribution in [-0.2, 0) is 23.8 Å². The first-order valence-electron chi connectivity index (χ1n) is 26.3. The van der Waals surface area contributed by atoms with E-state index >= 15 is 4.39 Å². The Labute approximate surface area is 439 Å². The topological polar surface area (TPSA) is 211 Å². The molecule has 20 heteroatoms. The van der Waals surface area contributed by atoms with Crippen LogP contribution in [0.25, 0.3) is 44.7 Å². The molecule has 18 nitrogen and oxygen atoms in total. The molecule has 75 heavy (non-hydrogen) atoms. The lowest BCUT2D eigenvalue weighted by Crippen LogP contribution is -2.54. The molecule has 0 spiro atoms. The monoisotopic (exact) mass is 1050 g/mol. The lowest BCUT2D eigenvalue weighted by atomic mass is 9.82. The van der Waals surface area contributed by atoms with E-state index in [1.54, 1.807) is 28.6 Å². The molecule has 6 aromatic rings. The van der Waals surface area contributed by atoms with Gasteiger partial charge in [0.1, 0.15) is 35.3 Å². The highest BCUT2D eigenvalue weighted by Gasteiger charge is 2.44. The molecular formula is C55H67FN10O8S. The van der Waals surface area contributed by atoms with Gasteiger partial charge in [0.2, 0.25) is 18.0 Å². The van der Waals surface area contributed by atoms with Crippen LogP contribution in [0.5, 0.6) is 5.75 Å². The van der Waals surface area contributed by atoms with Crippen LogP contribution in [0.15, 0.2) is 55.0 Å². The van der Waals surface area contributed by atoms with Gasteiger partial charge in [-0.25, -0.2) is 28.9 Å². The third-order valence-corrected chi connectivity index (χ3v) is 16.8.